The van der Waals surface area contributed by atoms with E-state index in [0.29, 0.717) is 6.10 Å². The monoisotopic (exact) mass is 251 g/mol. The van der Waals surface area contributed by atoms with Crippen LogP contribution >= 0.6 is 11.8 Å². The molecule has 1 aromatic carbocycles. The maximum absolute atomic E-state index is 5.96. The highest BCUT2D eigenvalue weighted by Crippen LogP contribution is 2.22. The molecule has 2 nitrogen and oxygen atoms in total. The molecule has 1 saturated heterocycles. The molecule has 1 aromatic rings. The van der Waals surface area contributed by atoms with Gasteiger partial charge in [0.2, 0.25) is 0 Å². The summed E-state index contributed by atoms with van der Waals surface area (Å²) in [6.45, 7) is 2.03. The third kappa shape index (κ3) is 4.25. The summed E-state index contributed by atoms with van der Waals surface area (Å²) in [6.07, 6.45) is 3.79. The zero-order valence-corrected chi connectivity index (χ0v) is 11.2. The van der Waals surface area contributed by atoms with Gasteiger partial charge in [-0.15, -0.1) is 0 Å². The predicted molar refractivity (Wildman–Crippen MR) is 74.8 cm³/mol. The van der Waals surface area contributed by atoms with Gasteiger partial charge in [0, 0.05) is 11.8 Å². The lowest BCUT2D eigenvalue weighted by Gasteiger charge is -2.22. The van der Waals surface area contributed by atoms with Crippen molar-refractivity contribution in [3.63, 3.8) is 0 Å². The minimum absolute atomic E-state index is 0.219. The summed E-state index contributed by atoms with van der Waals surface area (Å²) in [5, 5.41) is 0. The van der Waals surface area contributed by atoms with E-state index in [1.807, 2.05) is 18.7 Å². The zero-order chi connectivity index (χ0) is 12.1. The van der Waals surface area contributed by atoms with Crippen molar-refractivity contribution in [3.8, 4) is 5.75 Å². The van der Waals surface area contributed by atoms with Crippen LogP contribution in [-0.4, -0.2) is 23.7 Å². The van der Waals surface area contributed by atoms with E-state index in [9.17, 15) is 0 Å². The first-order valence-corrected chi connectivity index (χ1v) is 7.48. The second-order valence-corrected chi connectivity index (χ2v) is 5.93. The number of rotatable bonds is 4. The molecular formula is C14H21NOS. The normalized spacial score (nSPS) is 22.1. The van der Waals surface area contributed by atoms with Gasteiger partial charge >= 0.3 is 0 Å². The van der Waals surface area contributed by atoms with Gasteiger partial charge < -0.3 is 10.5 Å². The van der Waals surface area contributed by atoms with Crippen LogP contribution in [0.3, 0.4) is 0 Å². The molecule has 1 aliphatic rings. The van der Waals surface area contributed by atoms with Crippen molar-refractivity contribution >= 4 is 11.8 Å². The van der Waals surface area contributed by atoms with Crippen LogP contribution in [0.15, 0.2) is 24.3 Å². The van der Waals surface area contributed by atoms with Crippen LogP contribution in [-0.2, 0) is 6.42 Å². The summed E-state index contributed by atoms with van der Waals surface area (Å²) in [5.41, 5.74) is 7.06. The van der Waals surface area contributed by atoms with Gasteiger partial charge in [0.05, 0.1) is 0 Å². The summed E-state index contributed by atoms with van der Waals surface area (Å²) >= 11 is 1.99. The minimum Gasteiger partial charge on any atom is -0.490 e. The molecule has 0 saturated carbocycles. The van der Waals surface area contributed by atoms with E-state index < -0.39 is 0 Å². The summed E-state index contributed by atoms with van der Waals surface area (Å²) in [7, 11) is 0. The molecule has 0 spiro atoms. The van der Waals surface area contributed by atoms with Gasteiger partial charge in [0.1, 0.15) is 11.9 Å². The van der Waals surface area contributed by atoms with Crippen LogP contribution in [0.5, 0.6) is 5.75 Å². The Balaban J connectivity index is 1.88. The molecule has 0 radical (unpaired) electrons. The highest BCUT2D eigenvalue weighted by Gasteiger charge is 2.14. The fourth-order valence-corrected chi connectivity index (χ4v) is 3.11. The highest BCUT2D eigenvalue weighted by atomic mass is 32.2. The Kier molecular flexibility index (Phi) is 4.75. The molecule has 2 rings (SSSR count). The van der Waals surface area contributed by atoms with Crippen LogP contribution in [0, 0.1) is 0 Å². The van der Waals surface area contributed by atoms with Gasteiger partial charge in [-0.25, -0.2) is 0 Å². The molecule has 1 fully saturated rings. The first-order chi connectivity index (χ1) is 8.24. The van der Waals surface area contributed by atoms with Crippen LogP contribution in [0.4, 0.5) is 0 Å². The molecule has 1 heterocycles. The molecule has 0 aliphatic carbocycles. The van der Waals surface area contributed by atoms with E-state index in [0.717, 1.165) is 17.9 Å². The largest absolute Gasteiger partial charge is 0.490 e. The average Bonchev–Trinajstić information content (AvgIpc) is 2.32. The Morgan fingerprint density at radius 3 is 2.76 bits per heavy atom. The van der Waals surface area contributed by atoms with Crippen molar-refractivity contribution in [2.24, 2.45) is 5.73 Å². The molecular weight excluding hydrogens is 230 g/mol. The van der Waals surface area contributed by atoms with Crippen molar-refractivity contribution in [3.05, 3.63) is 29.8 Å². The number of thioether (sulfide) groups is 1. The Morgan fingerprint density at radius 1 is 1.41 bits per heavy atom. The second kappa shape index (κ2) is 6.31. The number of hydrogen-bond acceptors (Lipinski definition) is 3. The fraction of sp³-hybridized carbons (Fsp3) is 0.571. The van der Waals surface area contributed by atoms with Crippen molar-refractivity contribution in [2.75, 3.05) is 11.5 Å². The molecule has 2 N–H and O–H groups in total. The number of ether oxygens (including phenoxy) is 1. The Hall–Kier alpha value is -0.670. The van der Waals surface area contributed by atoms with E-state index in [2.05, 4.69) is 24.3 Å². The van der Waals surface area contributed by atoms with Crippen molar-refractivity contribution < 1.29 is 4.74 Å². The van der Waals surface area contributed by atoms with E-state index in [4.69, 9.17) is 10.5 Å². The van der Waals surface area contributed by atoms with Crippen molar-refractivity contribution in [1.29, 1.82) is 0 Å². The lowest BCUT2D eigenvalue weighted by Crippen LogP contribution is -2.23. The summed E-state index contributed by atoms with van der Waals surface area (Å²) in [6, 6.07) is 8.59. The van der Waals surface area contributed by atoms with Crippen molar-refractivity contribution in [2.45, 2.75) is 38.3 Å². The standard InChI is InChI=1S/C14H21NOS/c1-11(15)9-12-4-6-13(7-5-12)16-14-3-2-8-17-10-14/h4-7,11,14H,2-3,8-10,15H2,1H3. The highest BCUT2D eigenvalue weighted by molar-refractivity contribution is 7.99. The van der Waals surface area contributed by atoms with Crippen LogP contribution in [0.25, 0.3) is 0 Å². The smallest absolute Gasteiger partial charge is 0.119 e. The number of nitrogens with two attached hydrogens (primary N) is 1. The van der Waals surface area contributed by atoms with E-state index in [1.165, 1.54) is 24.2 Å². The van der Waals surface area contributed by atoms with Crippen LogP contribution in [0.1, 0.15) is 25.3 Å². The van der Waals surface area contributed by atoms with Gasteiger partial charge in [-0.05, 0) is 49.6 Å². The molecule has 2 atom stereocenters. The van der Waals surface area contributed by atoms with Gasteiger partial charge in [0.15, 0.2) is 0 Å². The first-order valence-electron chi connectivity index (χ1n) is 6.33. The second-order valence-electron chi connectivity index (χ2n) is 4.78. The van der Waals surface area contributed by atoms with E-state index in [1.54, 1.807) is 0 Å². The third-order valence-corrected chi connectivity index (χ3v) is 4.09. The minimum atomic E-state index is 0.219. The van der Waals surface area contributed by atoms with E-state index in [-0.39, 0.29) is 6.04 Å². The molecule has 94 valence electrons. The van der Waals surface area contributed by atoms with Gasteiger partial charge in [-0.2, -0.15) is 11.8 Å². The maximum atomic E-state index is 5.96. The Bertz CT molecular complexity index is 331. The fourth-order valence-electron chi connectivity index (χ4n) is 2.07. The number of benzene rings is 1. The number of hydrogen-bond donors (Lipinski definition) is 1. The molecule has 17 heavy (non-hydrogen) atoms. The topological polar surface area (TPSA) is 35.2 Å². The van der Waals surface area contributed by atoms with Gasteiger partial charge in [-0.1, -0.05) is 12.1 Å². The van der Waals surface area contributed by atoms with Crippen LogP contribution < -0.4 is 10.5 Å². The Morgan fingerprint density at radius 2 is 2.18 bits per heavy atom. The van der Waals surface area contributed by atoms with E-state index >= 15 is 0 Å². The molecule has 2 unspecified atom stereocenters. The summed E-state index contributed by atoms with van der Waals surface area (Å²) in [4.78, 5) is 0. The predicted octanol–water partition coefficient (Wildman–Crippen LogP) is 2.85. The zero-order valence-electron chi connectivity index (χ0n) is 10.4. The molecule has 3 heteroatoms. The molecule has 1 aliphatic heterocycles. The van der Waals surface area contributed by atoms with Gasteiger partial charge in [-0.3, -0.25) is 0 Å². The maximum Gasteiger partial charge on any atom is 0.119 e. The molecule has 0 aromatic heterocycles. The molecule has 0 bridgehead atoms. The SMILES string of the molecule is CC(N)Cc1ccc(OC2CCCSC2)cc1. The summed E-state index contributed by atoms with van der Waals surface area (Å²) < 4.78 is 5.96. The molecule has 0 amide bonds. The average molecular weight is 251 g/mol. The lowest BCUT2D eigenvalue weighted by atomic mass is 10.1. The van der Waals surface area contributed by atoms with Crippen molar-refractivity contribution in [1.82, 2.24) is 0 Å². The lowest BCUT2D eigenvalue weighted by molar-refractivity contribution is 0.211. The van der Waals surface area contributed by atoms with Crippen LogP contribution in [0.2, 0.25) is 0 Å². The Labute approximate surface area is 108 Å². The third-order valence-electron chi connectivity index (χ3n) is 2.90. The first kappa shape index (κ1) is 12.8. The summed E-state index contributed by atoms with van der Waals surface area (Å²) in [5.74, 6) is 3.40. The van der Waals surface area contributed by atoms with Gasteiger partial charge in [0.25, 0.3) is 0 Å². The quantitative estimate of drug-likeness (QED) is 0.893.